The average Bonchev–Trinajstić information content (AvgIpc) is 3.02. The van der Waals surface area contributed by atoms with Gasteiger partial charge in [0.2, 0.25) is 11.1 Å². The molecule has 2 N–H and O–H groups in total. The summed E-state index contributed by atoms with van der Waals surface area (Å²) in [5, 5.41) is 10.6. The Morgan fingerprint density at radius 1 is 1.21 bits per heavy atom. The zero-order valence-corrected chi connectivity index (χ0v) is 15.6. The van der Waals surface area contributed by atoms with E-state index in [1.54, 1.807) is 0 Å². The van der Waals surface area contributed by atoms with E-state index in [0.29, 0.717) is 11.1 Å². The second-order valence-corrected chi connectivity index (χ2v) is 7.66. The number of amides is 1. The molecule has 0 saturated carbocycles. The highest BCUT2D eigenvalue weighted by atomic mass is 32.2. The smallest absolute Gasteiger partial charge is 0.233 e. The Bertz CT molecular complexity index is 641. The minimum atomic E-state index is -0.222. The zero-order chi connectivity index (χ0) is 17.5. The highest BCUT2D eigenvalue weighted by Crippen LogP contribution is 2.21. The fraction of sp³-hybridized carbons (Fsp3) is 0.500. The molecule has 6 heteroatoms. The van der Waals surface area contributed by atoms with Gasteiger partial charge in [-0.3, -0.25) is 9.89 Å². The van der Waals surface area contributed by atoms with Crippen molar-refractivity contribution in [3.05, 3.63) is 41.7 Å². The van der Waals surface area contributed by atoms with Gasteiger partial charge in [-0.15, -0.1) is 5.10 Å². The molecule has 2 aromatic rings. The first kappa shape index (κ1) is 18.5. The van der Waals surface area contributed by atoms with E-state index < -0.39 is 0 Å². The number of nitrogens with one attached hydrogen (secondary N) is 2. The number of carbonyl (C=O) groups is 1. The minimum Gasteiger partial charge on any atom is -0.353 e. The predicted octanol–water partition coefficient (Wildman–Crippen LogP) is 3.55. The molecule has 0 aliphatic carbocycles. The molecule has 24 heavy (non-hydrogen) atoms. The Morgan fingerprint density at radius 3 is 2.54 bits per heavy atom. The topological polar surface area (TPSA) is 70.7 Å². The lowest BCUT2D eigenvalue weighted by atomic mass is 10.1. The molecule has 0 aliphatic rings. The molecule has 1 aromatic carbocycles. The Morgan fingerprint density at radius 2 is 1.92 bits per heavy atom. The maximum atomic E-state index is 12.3. The quantitative estimate of drug-likeness (QED) is 0.717. The lowest BCUT2D eigenvalue weighted by Crippen LogP contribution is -2.37. The number of aromatic amines is 1. The van der Waals surface area contributed by atoms with Gasteiger partial charge in [-0.1, -0.05) is 55.9 Å². The van der Waals surface area contributed by atoms with Crippen LogP contribution in [0.25, 0.3) is 0 Å². The summed E-state index contributed by atoms with van der Waals surface area (Å²) in [6.45, 7) is 8.04. The van der Waals surface area contributed by atoms with Crippen LogP contribution in [0.5, 0.6) is 0 Å². The molecular formula is C18H26N4OS. The number of nitrogens with zero attached hydrogens (tertiary/aromatic N) is 2. The van der Waals surface area contributed by atoms with Crippen LogP contribution in [0.2, 0.25) is 0 Å². The number of benzene rings is 1. The maximum Gasteiger partial charge on any atom is 0.233 e. The number of thioether (sulfide) groups is 1. The van der Waals surface area contributed by atoms with Gasteiger partial charge in [0, 0.05) is 12.0 Å². The molecule has 130 valence electrons. The minimum absolute atomic E-state index is 0.0245. The molecule has 0 radical (unpaired) electrons. The first-order chi connectivity index (χ1) is 11.5. The molecule has 0 spiro atoms. The second-order valence-electron chi connectivity index (χ2n) is 6.35. The zero-order valence-electron chi connectivity index (χ0n) is 14.7. The van der Waals surface area contributed by atoms with Crippen molar-refractivity contribution < 1.29 is 4.79 Å². The Balaban J connectivity index is 1.77. The van der Waals surface area contributed by atoms with Crippen LogP contribution < -0.4 is 5.32 Å². The number of hydrogen-bond acceptors (Lipinski definition) is 4. The van der Waals surface area contributed by atoms with Gasteiger partial charge in [0.1, 0.15) is 5.82 Å². The Hall–Kier alpha value is -1.82. The van der Waals surface area contributed by atoms with Crippen molar-refractivity contribution in [2.75, 3.05) is 0 Å². The first-order valence-electron chi connectivity index (χ1n) is 8.39. The third-order valence-electron chi connectivity index (χ3n) is 3.78. The van der Waals surface area contributed by atoms with E-state index in [2.05, 4.69) is 46.5 Å². The van der Waals surface area contributed by atoms with Gasteiger partial charge in [-0.05, 0) is 32.3 Å². The fourth-order valence-electron chi connectivity index (χ4n) is 2.24. The van der Waals surface area contributed by atoms with Crippen molar-refractivity contribution in [2.45, 2.75) is 62.9 Å². The molecule has 2 rings (SSSR count). The number of aryl methyl sites for hydroxylation is 1. The van der Waals surface area contributed by atoms with Crippen molar-refractivity contribution >= 4 is 17.7 Å². The largest absolute Gasteiger partial charge is 0.353 e. The van der Waals surface area contributed by atoms with Gasteiger partial charge in [0.05, 0.1) is 5.25 Å². The van der Waals surface area contributed by atoms with E-state index >= 15 is 0 Å². The summed E-state index contributed by atoms with van der Waals surface area (Å²) in [6.07, 6.45) is 1.88. The molecule has 0 aliphatic heterocycles. The summed E-state index contributed by atoms with van der Waals surface area (Å²) in [7, 11) is 0. The van der Waals surface area contributed by atoms with Crippen LogP contribution in [-0.2, 0) is 11.2 Å². The second kappa shape index (κ2) is 8.87. The third kappa shape index (κ3) is 5.67. The molecule has 0 saturated heterocycles. The SMILES string of the molecule is CC(CCc1ccccc1)NC(=O)C(C)Sc1n[nH]c(C(C)C)n1. The number of H-pyrrole nitrogens is 1. The Kier molecular flexibility index (Phi) is 6.85. The molecule has 2 unspecified atom stereocenters. The van der Waals surface area contributed by atoms with E-state index in [1.165, 1.54) is 17.3 Å². The van der Waals surface area contributed by atoms with Gasteiger partial charge >= 0.3 is 0 Å². The van der Waals surface area contributed by atoms with Crippen LogP contribution in [0, 0.1) is 0 Å². The molecule has 2 atom stereocenters. The maximum absolute atomic E-state index is 12.3. The van der Waals surface area contributed by atoms with Gasteiger partial charge < -0.3 is 5.32 Å². The van der Waals surface area contributed by atoms with E-state index in [-0.39, 0.29) is 17.2 Å². The van der Waals surface area contributed by atoms with Gasteiger partial charge in [-0.25, -0.2) is 4.98 Å². The van der Waals surface area contributed by atoms with Crippen LogP contribution in [0.3, 0.4) is 0 Å². The van der Waals surface area contributed by atoms with E-state index in [9.17, 15) is 4.79 Å². The summed E-state index contributed by atoms with van der Waals surface area (Å²) in [5.74, 6) is 1.17. The number of hydrogen-bond donors (Lipinski definition) is 2. The third-order valence-corrected chi connectivity index (χ3v) is 4.74. The normalized spacial score (nSPS) is 13.7. The molecule has 1 amide bonds. The van der Waals surface area contributed by atoms with Gasteiger partial charge in [0.15, 0.2) is 0 Å². The summed E-state index contributed by atoms with van der Waals surface area (Å²) in [5.41, 5.74) is 1.29. The van der Waals surface area contributed by atoms with Crippen LogP contribution in [-0.4, -0.2) is 32.4 Å². The summed E-state index contributed by atoms with van der Waals surface area (Å²) >= 11 is 1.38. The lowest BCUT2D eigenvalue weighted by Gasteiger charge is -2.16. The molecule has 1 heterocycles. The number of carbonyl (C=O) groups excluding carboxylic acids is 1. The summed E-state index contributed by atoms with van der Waals surface area (Å²) in [6, 6.07) is 10.5. The van der Waals surface area contributed by atoms with Gasteiger partial charge in [0.25, 0.3) is 0 Å². The van der Waals surface area contributed by atoms with Gasteiger partial charge in [-0.2, -0.15) is 0 Å². The number of rotatable bonds is 8. The summed E-state index contributed by atoms with van der Waals surface area (Å²) in [4.78, 5) is 16.7. The van der Waals surface area contributed by atoms with E-state index in [4.69, 9.17) is 0 Å². The van der Waals surface area contributed by atoms with E-state index in [1.807, 2.05) is 32.0 Å². The molecule has 5 nitrogen and oxygen atoms in total. The Labute approximate surface area is 148 Å². The van der Waals surface area contributed by atoms with Crippen LogP contribution >= 0.6 is 11.8 Å². The fourth-order valence-corrected chi connectivity index (χ4v) is 2.98. The highest BCUT2D eigenvalue weighted by Gasteiger charge is 2.19. The number of aromatic nitrogens is 3. The standard InChI is InChI=1S/C18H26N4OS/c1-12(2)16-20-18(22-21-16)24-14(4)17(23)19-13(3)10-11-15-8-6-5-7-9-15/h5-9,12-14H,10-11H2,1-4H3,(H,19,23)(H,20,21,22). The molecular weight excluding hydrogens is 320 g/mol. The molecule has 0 bridgehead atoms. The van der Waals surface area contributed by atoms with E-state index in [0.717, 1.165) is 18.7 Å². The molecule has 1 aromatic heterocycles. The van der Waals surface area contributed by atoms with Crippen molar-refractivity contribution in [3.8, 4) is 0 Å². The monoisotopic (exact) mass is 346 g/mol. The first-order valence-corrected chi connectivity index (χ1v) is 9.27. The highest BCUT2D eigenvalue weighted by molar-refractivity contribution is 8.00. The van der Waals surface area contributed by atoms with Crippen LogP contribution in [0.15, 0.2) is 35.5 Å². The van der Waals surface area contributed by atoms with Crippen molar-refractivity contribution in [2.24, 2.45) is 0 Å². The molecule has 0 fully saturated rings. The average molecular weight is 347 g/mol. The lowest BCUT2D eigenvalue weighted by molar-refractivity contribution is -0.120. The predicted molar refractivity (Wildman–Crippen MR) is 98.2 cm³/mol. The van der Waals surface area contributed by atoms with Crippen LogP contribution in [0.4, 0.5) is 0 Å². The van der Waals surface area contributed by atoms with Crippen molar-refractivity contribution in [1.82, 2.24) is 20.5 Å². The summed E-state index contributed by atoms with van der Waals surface area (Å²) < 4.78 is 0. The van der Waals surface area contributed by atoms with Crippen molar-refractivity contribution in [3.63, 3.8) is 0 Å². The van der Waals surface area contributed by atoms with Crippen molar-refractivity contribution in [1.29, 1.82) is 0 Å². The van der Waals surface area contributed by atoms with Crippen LogP contribution in [0.1, 0.15) is 51.4 Å².